The molecule has 2 heterocycles. The van der Waals surface area contributed by atoms with Gasteiger partial charge in [-0.2, -0.15) is 0 Å². The normalized spacial score (nSPS) is 16.5. The molecule has 114 valence electrons. The molecule has 1 unspecified atom stereocenters. The molecule has 2 aromatic carbocycles. The maximum absolute atomic E-state index is 11.3. The van der Waals surface area contributed by atoms with E-state index in [9.17, 15) is 10.1 Å². The Morgan fingerprint density at radius 3 is 2.74 bits per heavy atom. The Morgan fingerprint density at radius 2 is 1.91 bits per heavy atom. The van der Waals surface area contributed by atoms with E-state index in [1.165, 1.54) is 6.07 Å². The summed E-state index contributed by atoms with van der Waals surface area (Å²) < 4.78 is 1.81. The number of benzene rings is 2. The number of aromatic nitrogens is 2. The van der Waals surface area contributed by atoms with Crippen LogP contribution in [-0.4, -0.2) is 20.4 Å². The second-order valence-electron chi connectivity index (χ2n) is 5.12. The predicted molar refractivity (Wildman–Crippen MR) is 86.2 cm³/mol. The summed E-state index contributed by atoms with van der Waals surface area (Å²) in [4.78, 5) is 19.8. The van der Waals surface area contributed by atoms with Gasteiger partial charge in [0.05, 0.1) is 21.5 Å². The van der Waals surface area contributed by atoms with Gasteiger partial charge in [-0.15, -0.1) is 0 Å². The van der Waals surface area contributed by atoms with Gasteiger partial charge in [0.15, 0.2) is 12.1 Å². The highest BCUT2D eigenvalue weighted by Crippen LogP contribution is 2.35. The van der Waals surface area contributed by atoms with Crippen molar-refractivity contribution < 1.29 is 4.92 Å². The van der Waals surface area contributed by atoms with Crippen molar-refractivity contribution in [3.05, 3.63) is 64.2 Å². The largest absolute Gasteiger partial charge is 0.370 e. The number of nitrogens with two attached hydrogens (primary N) is 1. The highest BCUT2D eigenvalue weighted by molar-refractivity contribution is 5.94. The van der Waals surface area contributed by atoms with Crippen molar-refractivity contribution in [3.63, 3.8) is 0 Å². The summed E-state index contributed by atoms with van der Waals surface area (Å²) in [5.74, 6) is 0.692. The molecule has 8 nitrogen and oxygen atoms in total. The minimum Gasteiger partial charge on any atom is -0.370 e. The van der Waals surface area contributed by atoms with Crippen LogP contribution in [0.15, 0.2) is 53.5 Å². The number of para-hydroxylation sites is 3. The van der Waals surface area contributed by atoms with Gasteiger partial charge in [-0.3, -0.25) is 20.0 Å². The number of nitro groups is 1. The van der Waals surface area contributed by atoms with E-state index in [0.29, 0.717) is 11.5 Å². The number of nitrogens with zero attached hydrogens (tertiary/aromatic N) is 4. The van der Waals surface area contributed by atoms with E-state index in [2.05, 4.69) is 15.3 Å². The second kappa shape index (κ2) is 4.80. The SMILES string of the molecule is NC1=NC(c2ccccc2[N+](=O)[O-])n2c(nc3ccccc32)N1. The lowest BCUT2D eigenvalue weighted by Crippen LogP contribution is -2.31. The number of guanidine groups is 1. The first-order valence-corrected chi connectivity index (χ1v) is 6.96. The zero-order valence-electron chi connectivity index (χ0n) is 11.9. The number of anilines is 1. The fourth-order valence-corrected chi connectivity index (χ4v) is 2.80. The molecule has 1 aliphatic heterocycles. The van der Waals surface area contributed by atoms with Crippen LogP contribution in [0.4, 0.5) is 11.6 Å². The van der Waals surface area contributed by atoms with Gasteiger partial charge in [-0.25, -0.2) is 9.98 Å². The zero-order valence-corrected chi connectivity index (χ0v) is 11.9. The zero-order chi connectivity index (χ0) is 16.0. The number of rotatable bonds is 2. The molecule has 8 heteroatoms. The number of hydrogen-bond donors (Lipinski definition) is 2. The van der Waals surface area contributed by atoms with E-state index < -0.39 is 11.1 Å². The van der Waals surface area contributed by atoms with Crippen molar-refractivity contribution in [2.24, 2.45) is 10.7 Å². The molecule has 0 radical (unpaired) electrons. The van der Waals surface area contributed by atoms with Gasteiger partial charge in [0.25, 0.3) is 5.69 Å². The van der Waals surface area contributed by atoms with E-state index in [-0.39, 0.29) is 11.6 Å². The van der Waals surface area contributed by atoms with Crippen LogP contribution in [0.2, 0.25) is 0 Å². The number of imidazole rings is 1. The molecule has 0 saturated heterocycles. The molecule has 0 bridgehead atoms. The monoisotopic (exact) mass is 308 g/mol. The van der Waals surface area contributed by atoms with E-state index in [0.717, 1.165) is 11.0 Å². The van der Waals surface area contributed by atoms with Gasteiger partial charge in [-0.1, -0.05) is 24.3 Å². The number of hydrogen-bond acceptors (Lipinski definition) is 6. The van der Waals surface area contributed by atoms with Crippen molar-refractivity contribution in [2.45, 2.75) is 6.17 Å². The summed E-state index contributed by atoms with van der Waals surface area (Å²) in [6, 6.07) is 14.0. The average molecular weight is 308 g/mol. The van der Waals surface area contributed by atoms with E-state index >= 15 is 0 Å². The minimum absolute atomic E-state index is 0.000295. The summed E-state index contributed by atoms with van der Waals surface area (Å²) in [5, 5.41) is 14.3. The van der Waals surface area contributed by atoms with Crippen molar-refractivity contribution in [3.8, 4) is 0 Å². The second-order valence-corrected chi connectivity index (χ2v) is 5.12. The maximum Gasteiger partial charge on any atom is 0.276 e. The Hall–Kier alpha value is -3.42. The predicted octanol–water partition coefficient (Wildman–Crippen LogP) is 2.23. The standard InChI is InChI=1S/C15H12N6O2/c16-14-18-13(9-5-1-3-7-11(9)21(22)23)20-12-8-4-2-6-10(12)17-15(20)19-14/h1-8,13H,(H3,16,17,18,19). The third-order valence-corrected chi connectivity index (χ3v) is 3.75. The Kier molecular flexibility index (Phi) is 2.77. The number of nitro benzene ring substituents is 1. The third kappa shape index (κ3) is 2.00. The van der Waals surface area contributed by atoms with Crippen molar-refractivity contribution >= 4 is 28.6 Å². The van der Waals surface area contributed by atoms with Gasteiger partial charge in [0, 0.05) is 6.07 Å². The van der Waals surface area contributed by atoms with Gasteiger partial charge >= 0.3 is 0 Å². The first kappa shape index (κ1) is 13.3. The molecule has 0 saturated carbocycles. The topological polar surface area (TPSA) is 111 Å². The summed E-state index contributed by atoms with van der Waals surface area (Å²) in [6.45, 7) is 0. The number of aliphatic imine (C=N–C) groups is 1. The molecule has 1 aliphatic rings. The highest BCUT2D eigenvalue weighted by Gasteiger charge is 2.29. The fraction of sp³-hybridized carbons (Fsp3) is 0.0667. The smallest absolute Gasteiger partial charge is 0.276 e. The molecule has 0 fully saturated rings. The molecule has 1 atom stereocenters. The Labute approximate surface area is 130 Å². The van der Waals surface area contributed by atoms with Gasteiger partial charge < -0.3 is 5.73 Å². The van der Waals surface area contributed by atoms with Crippen LogP contribution in [0.3, 0.4) is 0 Å². The first-order valence-electron chi connectivity index (χ1n) is 6.96. The van der Waals surface area contributed by atoms with Crippen LogP contribution >= 0.6 is 0 Å². The Bertz CT molecular complexity index is 962. The molecule has 4 rings (SSSR count). The van der Waals surface area contributed by atoms with Crippen molar-refractivity contribution in [2.75, 3.05) is 5.32 Å². The molecular weight excluding hydrogens is 296 g/mol. The molecular formula is C15H12N6O2. The van der Waals surface area contributed by atoms with E-state index in [1.54, 1.807) is 18.2 Å². The summed E-state index contributed by atoms with van der Waals surface area (Å²) in [5.41, 5.74) is 7.90. The molecule has 3 aromatic rings. The van der Waals surface area contributed by atoms with Crippen molar-refractivity contribution in [1.82, 2.24) is 9.55 Å². The molecule has 0 amide bonds. The fourth-order valence-electron chi connectivity index (χ4n) is 2.80. The van der Waals surface area contributed by atoms with E-state index in [4.69, 9.17) is 5.73 Å². The Morgan fingerprint density at radius 1 is 1.17 bits per heavy atom. The Balaban J connectivity index is 2.00. The number of nitrogens with one attached hydrogen (secondary N) is 1. The summed E-state index contributed by atoms with van der Waals surface area (Å²) in [7, 11) is 0. The maximum atomic E-state index is 11.3. The molecule has 23 heavy (non-hydrogen) atoms. The highest BCUT2D eigenvalue weighted by atomic mass is 16.6. The van der Waals surface area contributed by atoms with Crippen LogP contribution in [-0.2, 0) is 0 Å². The minimum atomic E-state index is -0.639. The van der Waals surface area contributed by atoms with E-state index in [1.807, 2.05) is 28.8 Å². The van der Waals surface area contributed by atoms with Gasteiger partial charge in [-0.05, 0) is 18.2 Å². The molecule has 0 spiro atoms. The first-order chi connectivity index (χ1) is 11.1. The summed E-state index contributed by atoms with van der Waals surface area (Å²) >= 11 is 0. The molecule has 0 aliphatic carbocycles. The van der Waals surface area contributed by atoms with Gasteiger partial charge in [0.1, 0.15) is 0 Å². The number of fused-ring (bicyclic) bond motifs is 3. The van der Waals surface area contributed by atoms with Crippen LogP contribution in [0.5, 0.6) is 0 Å². The lowest BCUT2D eigenvalue weighted by atomic mass is 10.1. The summed E-state index contributed by atoms with van der Waals surface area (Å²) in [6.07, 6.45) is -0.639. The average Bonchev–Trinajstić information content (AvgIpc) is 2.92. The van der Waals surface area contributed by atoms with Crippen LogP contribution in [0.1, 0.15) is 11.7 Å². The van der Waals surface area contributed by atoms with Crippen LogP contribution < -0.4 is 11.1 Å². The third-order valence-electron chi connectivity index (χ3n) is 3.75. The van der Waals surface area contributed by atoms with Crippen molar-refractivity contribution in [1.29, 1.82) is 0 Å². The molecule has 1 aromatic heterocycles. The van der Waals surface area contributed by atoms with Crippen LogP contribution in [0, 0.1) is 10.1 Å². The lowest BCUT2D eigenvalue weighted by molar-refractivity contribution is -0.385. The molecule has 3 N–H and O–H groups in total. The van der Waals surface area contributed by atoms with Crippen LogP contribution in [0.25, 0.3) is 11.0 Å². The van der Waals surface area contributed by atoms with Gasteiger partial charge in [0.2, 0.25) is 5.95 Å². The quantitative estimate of drug-likeness (QED) is 0.557. The lowest BCUT2D eigenvalue weighted by Gasteiger charge is -2.23.